The number of halogens is 1. The van der Waals surface area contributed by atoms with E-state index in [1.807, 2.05) is 0 Å². The fraction of sp³-hybridized carbons (Fsp3) is 0.300. The molecule has 0 fully saturated rings. The molecule has 18 heavy (non-hydrogen) atoms. The highest BCUT2D eigenvalue weighted by molar-refractivity contribution is 6.29. The lowest BCUT2D eigenvalue weighted by Gasteiger charge is -2.09. The molecule has 0 unspecified atom stereocenters. The SMILES string of the molecule is CNC(NC)=C(NCc1ccc(Cl)nc1)[N+](=O)[O-]. The van der Waals surface area contributed by atoms with Gasteiger partial charge in [0.15, 0.2) is 5.82 Å². The standard InChI is InChI=1S/C10H14ClN5O2/c1-12-9(13-2)10(16(17)18)15-6-7-3-4-8(11)14-5-7/h3-5,12-13,15H,6H2,1-2H3. The van der Waals surface area contributed by atoms with Crippen molar-refractivity contribution in [2.24, 2.45) is 0 Å². The van der Waals surface area contributed by atoms with Gasteiger partial charge in [-0.15, -0.1) is 0 Å². The number of aromatic nitrogens is 1. The smallest absolute Gasteiger partial charge is 0.356 e. The fourth-order valence-corrected chi connectivity index (χ4v) is 1.41. The number of hydrogen-bond acceptors (Lipinski definition) is 6. The van der Waals surface area contributed by atoms with Crippen molar-refractivity contribution in [1.29, 1.82) is 0 Å². The number of hydrogen-bond donors (Lipinski definition) is 3. The summed E-state index contributed by atoms with van der Waals surface area (Å²) in [5, 5.41) is 19.4. The van der Waals surface area contributed by atoms with Crippen LogP contribution < -0.4 is 16.0 Å². The first-order valence-electron chi connectivity index (χ1n) is 5.17. The van der Waals surface area contributed by atoms with Gasteiger partial charge in [-0.1, -0.05) is 17.7 Å². The first kappa shape index (κ1) is 14.0. The number of rotatable bonds is 6. The third-order valence-electron chi connectivity index (χ3n) is 2.17. The summed E-state index contributed by atoms with van der Waals surface area (Å²) in [6.45, 7) is 0.285. The molecular weight excluding hydrogens is 258 g/mol. The van der Waals surface area contributed by atoms with Gasteiger partial charge in [-0.2, -0.15) is 0 Å². The quantitative estimate of drug-likeness (QED) is 0.400. The van der Waals surface area contributed by atoms with Crippen LogP contribution in [-0.4, -0.2) is 24.0 Å². The Morgan fingerprint density at radius 2 is 2.11 bits per heavy atom. The highest BCUT2D eigenvalue weighted by atomic mass is 35.5. The summed E-state index contributed by atoms with van der Waals surface area (Å²) in [6, 6.07) is 3.38. The molecular formula is C10H14ClN5O2. The van der Waals surface area contributed by atoms with Crippen LogP contribution in [0.1, 0.15) is 5.56 Å². The topological polar surface area (TPSA) is 92.1 Å². The number of nitrogens with one attached hydrogen (secondary N) is 3. The van der Waals surface area contributed by atoms with Gasteiger partial charge in [0.2, 0.25) is 0 Å². The molecule has 0 saturated heterocycles. The highest BCUT2D eigenvalue weighted by Gasteiger charge is 2.15. The molecule has 0 aliphatic rings. The molecule has 0 aliphatic heterocycles. The molecule has 3 N–H and O–H groups in total. The van der Waals surface area contributed by atoms with E-state index in [4.69, 9.17) is 11.6 Å². The largest absolute Gasteiger partial charge is 0.368 e. The molecule has 7 nitrogen and oxygen atoms in total. The van der Waals surface area contributed by atoms with E-state index in [9.17, 15) is 10.1 Å². The zero-order chi connectivity index (χ0) is 13.5. The molecule has 0 amide bonds. The molecule has 1 aromatic heterocycles. The van der Waals surface area contributed by atoms with Gasteiger partial charge in [0.1, 0.15) is 11.7 Å². The molecule has 8 heteroatoms. The summed E-state index contributed by atoms with van der Waals surface area (Å²) in [7, 11) is 3.20. The Hall–Kier alpha value is -2.02. The van der Waals surface area contributed by atoms with Crippen LogP contribution in [0.15, 0.2) is 30.0 Å². The van der Waals surface area contributed by atoms with Gasteiger partial charge in [-0.05, 0) is 11.0 Å². The van der Waals surface area contributed by atoms with Crippen LogP contribution in [-0.2, 0) is 6.54 Å². The van der Waals surface area contributed by atoms with Gasteiger partial charge in [0.25, 0.3) is 0 Å². The van der Waals surface area contributed by atoms with Crippen LogP contribution in [0.3, 0.4) is 0 Å². The minimum absolute atomic E-state index is 0.130. The van der Waals surface area contributed by atoms with Crippen molar-refractivity contribution in [2.45, 2.75) is 6.54 Å². The summed E-state index contributed by atoms with van der Waals surface area (Å²) >= 11 is 5.65. The Labute approximate surface area is 109 Å². The third kappa shape index (κ3) is 3.77. The van der Waals surface area contributed by atoms with Crippen LogP contribution in [0, 0.1) is 10.1 Å². The highest BCUT2D eigenvalue weighted by Crippen LogP contribution is 2.06. The van der Waals surface area contributed by atoms with Gasteiger partial charge in [0, 0.05) is 25.9 Å². The molecule has 0 saturated carbocycles. The second kappa shape index (κ2) is 6.65. The van der Waals surface area contributed by atoms with E-state index in [-0.39, 0.29) is 12.4 Å². The minimum Gasteiger partial charge on any atom is -0.368 e. The Balaban J connectivity index is 2.77. The predicted octanol–water partition coefficient (Wildman–Crippen LogP) is 0.667. The lowest BCUT2D eigenvalue weighted by atomic mass is 10.3. The fourth-order valence-electron chi connectivity index (χ4n) is 1.30. The van der Waals surface area contributed by atoms with Crippen LogP contribution in [0.2, 0.25) is 5.15 Å². The Kier molecular flexibility index (Phi) is 5.19. The van der Waals surface area contributed by atoms with E-state index in [0.717, 1.165) is 5.56 Å². The molecule has 1 rings (SSSR count). The van der Waals surface area contributed by atoms with E-state index >= 15 is 0 Å². The molecule has 0 bridgehead atoms. The lowest BCUT2D eigenvalue weighted by molar-refractivity contribution is -0.434. The van der Waals surface area contributed by atoms with Crippen molar-refractivity contribution >= 4 is 11.6 Å². The molecule has 0 aromatic carbocycles. The molecule has 0 spiro atoms. The van der Waals surface area contributed by atoms with E-state index in [1.165, 1.54) is 0 Å². The normalized spacial score (nSPS) is 9.50. The van der Waals surface area contributed by atoms with Gasteiger partial charge >= 0.3 is 5.82 Å². The summed E-state index contributed by atoms with van der Waals surface area (Å²) < 4.78 is 0. The van der Waals surface area contributed by atoms with Crippen molar-refractivity contribution in [3.05, 3.63) is 50.8 Å². The van der Waals surface area contributed by atoms with Crippen LogP contribution in [0.25, 0.3) is 0 Å². The third-order valence-corrected chi connectivity index (χ3v) is 2.39. The van der Waals surface area contributed by atoms with Gasteiger partial charge < -0.3 is 20.7 Å². The lowest BCUT2D eigenvalue weighted by Crippen LogP contribution is -2.31. The maximum atomic E-state index is 10.9. The molecule has 1 aromatic rings. The number of nitrogens with zero attached hydrogens (tertiary/aromatic N) is 2. The molecule has 0 radical (unpaired) electrons. The van der Waals surface area contributed by atoms with E-state index < -0.39 is 4.92 Å². The maximum absolute atomic E-state index is 10.9. The zero-order valence-electron chi connectivity index (χ0n) is 10.0. The number of nitro groups is 1. The van der Waals surface area contributed by atoms with Crippen LogP contribution in [0.4, 0.5) is 0 Å². The zero-order valence-corrected chi connectivity index (χ0v) is 10.8. The Morgan fingerprint density at radius 3 is 2.56 bits per heavy atom. The van der Waals surface area contributed by atoms with Crippen molar-refractivity contribution in [2.75, 3.05) is 14.1 Å². The van der Waals surface area contributed by atoms with Crippen molar-refractivity contribution in [1.82, 2.24) is 20.9 Å². The molecule has 98 valence electrons. The average Bonchev–Trinajstić information content (AvgIpc) is 2.36. The summed E-state index contributed by atoms with van der Waals surface area (Å²) in [4.78, 5) is 14.3. The number of pyridine rings is 1. The minimum atomic E-state index is -0.494. The molecule has 0 aliphatic carbocycles. The monoisotopic (exact) mass is 271 g/mol. The van der Waals surface area contributed by atoms with E-state index in [0.29, 0.717) is 11.0 Å². The van der Waals surface area contributed by atoms with Crippen LogP contribution >= 0.6 is 11.6 Å². The van der Waals surface area contributed by atoms with E-state index in [2.05, 4.69) is 20.9 Å². The molecule has 0 atom stereocenters. The first-order valence-corrected chi connectivity index (χ1v) is 5.54. The maximum Gasteiger partial charge on any atom is 0.356 e. The average molecular weight is 272 g/mol. The first-order chi connectivity index (χ1) is 8.58. The Morgan fingerprint density at radius 1 is 1.44 bits per heavy atom. The summed E-state index contributed by atoms with van der Waals surface area (Å²) in [6.07, 6.45) is 1.56. The second-order valence-corrected chi connectivity index (χ2v) is 3.71. The summed E-state index contributed by atoms with van der Waals surface area (Å²) in [5.74, 6) is 0.178. The molecule has 1 heterocycles. The van der Waals surface area contributed by atoms with Crippen LogP contribution in [0.5, 0.6) is 0 Å². The Bertz CT molecular complexity index is 440. The van der Waals surface area contributed by atoms with E-state index in [1.54, 1.807) is 32.4 Å². The van der Waals surface area contributed by atoms with Gasteiger partial charge in [0.05, 0.1) is 0 Å². The van der Waals surface area contributed by atoms with Gasteiger partial charge in [-0.3, -0.25) is 5.32 Å². The predicted molar refractivity (Wildman–Crippen MR) is 68.2 cm³/mol. The van der Waals surface area contributed by atoms with Gasteiger partial charge in [-0.25, -0.2) is 4.98 Å². The van der Waals surface area contributed by atoms with Crippen molar-refractivity contribution in [3.8, 4) is 0 Å². The van der Waals surface area contributed by atoms with Crippen molar-refractivity contribution < 1.29 is 4.92 Å². The second-order valence-electron chi connectivity index (χ2n) is 3.32. The van der Waals surface area contributed by atoms with Crippen molar-refractivity contribution in [3.63, 3.8) is 0 Å². The summed E-state index contributed by atoms with van der Waals surface area (Å²) in [5.41, 5.74) is 0.797.